The lowest BCUT2D eigenvalue weighted by atomic mass is 9.88. The highest BCUT2D eigenvalue weighted by atomic mass is 16.6. The number of rotatable bonds is 4. The zero-order chi connectivity index (χ0) is 15.2. The van der Waals surface area contributed by atoms with E-state index in [1.807, 2.05) is 26.0 Å². The maximum Gasteiger partial charge on any atom is 0.409 e. The summed E-state index contributed by atoms with van der Waals surface area (Å²) in [5, 5.41) is 0. The molecule has 1 aliphatic heterocycles. The summed E-state index contributed by atoms with van der Waals surface area (Å²) in [6, 6.07) is 8.02. The van der Waals surface area contributed by atoms with Crippen LogP contribution in [0.15, 0.2) is 24.3 Å². The van der Waals surface area contributed by atoms with Crippen LogP contribution >= 0.6 is 0 Å². The van der Waals surface area contributed by atoms with Crippen LogP contribution in [0.5, 0.6) is 5.75 Å². The Kier molecular flexibility index (Phi) is 5.44. The molecule has 1 heterocycles. The second-order valence-corrected chi connectivity index (χ2v) is 5.30. The van der Waals surface area contributed by atoms with Gasteiger partial charge in [0.2, 0.25) is 0 Å². The number of piperidine rings is 1. The van der Waals surface area contributed by atoms with Crippen LogP contribution in [0.1, 0.15) is 31.7 Å². The molecule has 0 bridgehead atoms. The van der Waals surface area contributed by atoms with Crippen LogP contribution in [-0.2, 0) is 4.74 Å². The first-order valence-corrected chi connectivity index (χ1v) is 7.54. The molecular weight excluding hydrogens is 268 g/mol. The Bertz CT molecular complexity index is 461. The fourth-order valence-corrected chi connectivity index (χ4v) is 2.75. The van der Waals surface area contributed by atoms with Crippen molar-refractivity contribution < 1.29 is 14.3 Å². The van der Waals surface area contributed by atoms with Gasteiger partial charge in [-0.15, -0.1) is 0 Å². The number of hydrogen-bond donors (Lipinski definition) is 1. The van der Waals surface area contributed by atoms with Crippen LogP contribution in [0, 0.1) is 0 Å². The fraction of sp³-hybridized carbons (Fsp3) is 0.562. The molecule has 2 N–H and O–H groups in total. The first kappa shape index (κ1) is 15.6. The molecule has 2 atom stereocenters. The Morgan fingerprint density at radius 3 is 2.57 bits per heavy atom. The van der Waals surface area contributed by atoms with E-state index < -0.39 is 0 Å². The molecule has 5 nitrogen and oxygen atoms in total. The van der Waals surface area contributed by atoms with E-state index in [0.29, 0.717) is 26.3 Å². The summed E-state index contributed by atoms with van der Waals surface area (Å²) in [6.45, 7) is 6.03. The number of ether oxygens (including phenoxy) is 2. The van der Waals surface area contributed by atoms with Crippen LogP contribution in [0.2, 0.25) is 0 Å². The summed E-state index contributed by atoms with van der Waals surface area (Å²) >= 11 is 0. The molecular formula is C16H24N2O3. The van der Waals surface area contributed by atoms with Gasteiger partial charge >= 0.3 is 6.09 Å². The number of carbonyl (C=O) groups excluding carboxylic acids is 1. The summed E-state index contributed by atoms with van der Waals surface area (Å²) < 4.78 is 10.5. The zero-order valence-corrected chi connectivity index (χ0v) is 12.7. The molecule has 5 heteroatoms. The lowest BCUT2D eigenvalue weighted by molar-refractivity contribution is 0.0917. The third-order valence-corrected chi connectivity index (χ3v) is 3.67. The number of nitrogens with zero attached hydrogens (tertiary/aromatic N) is 1. The molecule has 0 saturated carbocycles. The van der Waals surface area contributed by atoms with Gasteiger partial charge in [-0.3, -0.25) is 0 Å². The lowest BCUT2D eigenvalue weighted by Crippen LogP contribution is -2.48. The summed E-state index contributed by atoms with van der Waals surface area (Å²) in [6.07, 6.45) is 0.604. The molecule has 0 spiro atoms. The zero-order valence-electron chi connectivity index (χ0n) is 12.7. The molecule has 1 fully saturated rings. The normalized spacial score (nSPS) is 22.0. The van der Waals surface area contributed by atoms with Gasteiger partial charge in [0.25, 0.3) is 0 Å². The van der Waals surface area contributed by atoms with Gasteiger partial charge in [0, 0.05) is 25.0 Å². The highest BCUT2D eigenvalue weighted by Gasteiger charge is 2.29. The third kappa shape index (κ3) is 4.11. The van der Waals surface area contributed by atoms with Crippen molar-refractivity contribution in [3.05, 3.63) is 29.8 Å². The molecule has 0 aromatic heterocycles. The van der Waals surface area contributed by atoms with E-state index >= 15 is 0 Å². The summed E-state index contributed by atoms with van der Waals surface area (Å²) in [7, 11) is 0. The second-order valence-electron chi connectivity index (χ2n) is 5.30. The van der Waals surface area contributed by atoms with E-state index in [4.69, 9.17) is 15.2 Å². The smallest absolute Gasteiger partial charge is 0.409 e. The van der Waals surface area contributed by atoms with Crippen molar-refractivity contribution in [3.8, 4) is 5.75 Å². The van der Waals surface area contributed by atoms with Gasteiger partial charge in [-0.05, 0) is 38.0 Å². The van der Waals surface area contributed by atoms with Crippen molar-refractivity contribution in [3.63, 3.8) is 0 Å². The van der Waals surface area contributed by atoms with Gasteiger partial charge in [0.1, 0.15) is 5.75 Å². The predicted octanol–water partition coefficient (Wildman–Crippen LogP) is 2.36. The van der Waals surface area contributed by atoms with E-state index in [9.17, 15) is 4.79 Å². The van der Waals surface area contributed by atoms with E-state index in [2.05, 4.69) is 12.1 Å². The largest absolute Gasteiger partial charge is 0.494 e. The summed E-state index contributed by atoms with van der Waals surface area (Å²) in [5.41, 5.74) is 7.27. The first-order valence-electron chi connectivity index (χ1n) is 7.54. The summed E-state index contributed by atoms with van der Waals surface area (Å²) in [5.74, 6) is 1.11. The predicted molar refractivity (Wildman–Crippen MR) is 81.5 cm³/mol. The average Bonchev–Trinajstić information content (AvgIpc) is 2.48. The van der Waals surface area contributed by atoms with Crippen molar-refractivity contribution in [2.75, 3.05) is 26.3 Å². The maximum absolute atomic E-state index is 11.9. The quantitative estimate of drug-likeness (QED) is 0.925. The maximum atomic E-state index is 11.9. The molecule has 0 radical (unpaired) electrons. The van der Waals surface area contributed by atoms with Gasteiger partial charge in [-0.1, -0.05) is 12.1 Å². The monoisotopic (exact) mass is 292 g/mol. The van der Waals surface area contributed by atoms with Crippen molar-refractivity contribution >= 4 is 6.09 Å². The molecule has 0 aliphatic carbocycles. The molecule has 1 aromatic carbocycles. The van der Waals surface area contributed by atoms with E-state index in [-0.39, 0.29) is 18.1 Å². The molecule has 2 rings (SSSR count). The van der Waals surface area contributed by atoms with Crippen molar-refractivity contribution in [2.45, 2.75) is 32.2 Å². The third-order valence-electron chi connectivity index (χ3n) is 3.67. The Hall–Kier alpha value is -1.75. The Morgan fingerprint density at radius 1 is 1.24 bits per heavy atom. The number of amides is 1. The topological polar surface area (TPSA) is 64.8 Å². The first-order chi connectivity index (χ1) is 10.1. The summed E-state index contributed by atoms with van der Waals surface area (Å²) in [4.78, 5) is 13.6. The van der Waals surface area contributed by atoms with Crippen molar-refractivity contribution in [2.24, 2.45) is 5.73 Å². The highest BCUT2D eigenvalue weighted by Crippen LogP contribution is 2.28. The van der Waals surface area contributed by atoms with Crippen LogP contribution < -0.4 is 10.5 Å². The average molecular weight is 292 g/mol. The Balaban J connectivity index is 2.06. The molecule has 21 heavy (non-hydrogen) atoms. The molecule has 116 valence electrons. The number of nitrogens with two attached hydrogens (primary N) is 1. The standard InChI is InChI=1S/C16H24N2O3/c1-3-20-15-7-5-12(6-8-15)13-9-14(17)11-18(10-13)16(19)21-4-2/h5-8,13-14H,3-4,9-11,17H2,1-2H3. The molecule has 1 saturated heterocycles. The highest BCUT2D eigenvalue weighted by molar-refractivity contribution is 5.68. The number of likely N-dealkylation sites (tertiary alicyclic amines) is 1. The van der Waals surface area contributed by atoms with Crippen LogP contribution in [0.3, 0.4) is 0 Å². The molecule has 1 amide bonds. The minimum Gasteiger partial charge on any atom is -0.494 e. The van der Waals surface area contributed by atoms with Crippen LogP contribution in [0.4, 0.5) is 4.79 Å². The van der Waals surface area contributed by atoms with E-state index in [1.54, 1.807) is 4.90 Å². The van der Waals surface area contributed by atoms with Gasteiger partial charge in [-0.2, -0.15) is 0 Å². The number of benzene rings is 1. The SMILES string of the molecule is CCOC(=O)N1CC(N)CC(c2ccc(OCC)cc2)C1. The fourth-order valence-electron chi connectivity index (χ4n) is 2.75. The van der Waals surface area contributed by atoms with E-state index in [1.165, 1.54) is 5.56 Å². The Labute approximate surface area is 126 Å². The molecule has 1 aliphatic rings. The minimum atomic E-state index is -0.274. The Morgan fingerprint density at radius 2 is 1.95 bits per heavy atom. The van der Waals surface area contributed by atoms with Crippen LogP contribution in [-0.4, -0.2) is 43.3 Å². The van der Waals surface area contributed by atoms with E-state index in [0.717, 1.165) is 12.2 Å². The van der Waals surface area contributed by atoms with Gasteiger partial charge in [-0.25, -0.2) is 4.79 Å². The van der Waals surface area contributed by atoms with Crippen molar-refractivity contribution in [1.82, 2.24) is 4.90 Å². The second kappa shape index (κ2) is 7.31. The molecule has 2 unspecified atom stereocenters. The van der Waals surface area contributed by atoms with Crippen LogP contribution in [0.25, 0.3) is 0 Å². The van der Waals surface area contributed by atoms with Gasteiger partial charge in [0.05, 0.1) is 13.2 Å². The van der Waals surface area contributed by atoms with Crippen molar-refractivity contribution in [1.29, 1.82) is 0 Å². The van der Waals surface area contributed by atoms with Gasteiger partial charge in [0.15, 0.2) is 0 Å². The number of carbonyl (C=O) groups is 1. The lowest BCUT2D eigenvalue weighted by Gasteiger charge is -2.35. The number of hydrogen-bond acceptors (Lipinski definition) is 4. The van der Waals surface area contributed by atoms with Gasteiger partial charge < -0.3 is 20.1 Å². The minimum absolute atomic E-state index is 0.0141. The molecule has 1 aromatic rings.